The molecule has 1 aromatic heterocycles. The molecule has 0 saturated heterocycles. The van der Waals surface area contributed by atoms with Crippen LogP contribution in [0, 0.1) is 18.3 Å². The largest absolute Gasteiger partial charge is 0.548 e. The van der Waals surface area contributed by atoms with Crippen LogP contribution in [-0.4, -0.2) is 10.5 Å². The smallest absolute Gasteiger partial charge is 0.0998 e. The lowest BCUT2D eigenvalue weighted by molar-refractivity contribution is -0.306. The summed E-state index contributed by atoms with van der Waals surface area (Å²) in [5, 5.41) is 21.4. The average molecular weight is 315 g/mol. The van der Waals surface area contributed by atoms with Crippen LogP contribution >= 0.6 is 0 Å². The lowest BCUT2D eigenvalue weighted by atomic mass is 10.0. The first kappa shape index (κ1) is 15.6. The monoisotopic (exact) mass is 315 g/mol. The highest BCUT2D eigenvalue weighted by atomic mass is 16.4. The van der Waals surface area contributed by atoms with E-state index in [2.05, 4.69) is 6.07 Å². The second-order valence-corrected chi connectivity index (χ2v) is 5.64. The molecule has 118 valence electrons. The summed E-state index contributed by atoms with van der Waals surface area (Å²) in [7, 11) is 0. The van der Waals surface area contributed by atoms with Crippen molar-refractivity contribution in [3.63, 3.8) is 0 Å². The van der Waals surface area contributed by atoms with Crippen LogP contribution in [0.5, 0.6) is 0 Å². The molecule has 0 unspecified atom stereocenters. The molecule has 0 N–H and O–H groups in total. The van der Waals surface area contributed by atoms with Gasteiger partial charge >= 0.3 is 0 Å². The Balaban J connectivity index is 2.15. The molecule has 0 amide bonds. The molecule has 0 aliphatic rings. The van der Waals surface area contributed by atoms with Crippen LogP contribution < -0.4 is 5.11 Å². The highest BCUT2D eigenvalue weighted by molar-refractivity contribution is 5.98. The van der Waals surface area contributed by atoms with Gasteiger partial charge in [-0.05, 0) is 24.6 Å². The van der Waals surface area contributed by atoms with Crippen molar-refractivity contribution in [3.05, 3.63) is 71.4 Å². The molecule has 0 radical (unpaired) electrons. The van der Waals surface area contributed by atoms with Gasteiger partial charge in [-0.3, -0.25) is 0 Å². The second-order valence-electron chi connectivity index (χ2n) is 5.64. The summed E-state index contributed by atoms with van der Waals surface area (Å²) in [6, 6.07) is 17.5. The summed E-state index contributed by atoms with van der Waals surface area (Å²) < 4.78 is 1.63. The third-order valence-electron chi connectivity index (χ3n) is 3.87. The molecule has 2 aromatic carbocycles. The Kier molecular flexibility index (Phi) is 4.17. The van der Waals surface area contributed by atoms with E-state index in [0.29, 0.717) is 5.57 Å². The Bertz CT molecular complexity index is 990. The Labute approximate surface area is 139 Å². The van der Waals surface area contributed by atoms with E-state index in [9.17, 15) is 15.2 Å². The number of hydrogen-bond acceptors (Lipinski definition) is 3. The quantitative estimate of drug-likeness (QED) is 0.695. The number of rotatable bonds is 4. The van der Waals surface area contributed by atoms with Gasteiger partial charge < -0.3 is 14.5 Å². The van der Waals surface area contributed by atoms with Crippen LogP contribution in [-0.2, 0) is 11.3 Å². The van der Waals surface area contributed by atoms with E-state index < -0.39 is 5.97 Å². The van der Waals surface area contributed by atoms with E-state index in [0.717, 1.165) is 27.6 Å². The number of aryl methyl sites for hydroxylation is 1. The third kappa shape index (κ3) is 3.06. The lowest BCUT2D eigenvalue weighted by Gasteiger charge is -2.04. The van der Waals surface area contributed by atoms with Gasteiger partial charge in [0.2, 0.25) is 0 Å². The first-order valence-electron chi connectivity index (χ1n) is 7.55. The minimum Gasteiger partial charge on any atom is -0.548 e. The number of nitriles is 1. The number of carbonyl (C=O) groups is 1. The van der Waals surface area contributed by atoms with Crippen molar-refractivity contribution in [2.45, 2.75) is 13.5 Å². The summed E-state index contributed by atoms with van der Waals surface area (Å²) in [5.41, 5.74) is 4.07. The molecule has 24 heavy (non-hydrogen) atoms. The minimum atomic E-state index is -1.15. The number of benzene rings is 2. The van der Waals surface area contributed by atoms with Gasteiger partial charge in [0.05, 0.1) is 24.2 Å². The van der Waals surface area contributed by atoms with Gasteiger partial charge in [0, 0.05) is 22.7 Å². The molecule has 1 heterocycles. The molecule has 0 atom stereocenters. The number of aliphatic carboxylic acids is 1. The molecule has 0 spiro atoms. The van der Waals surface area contributed by atoms with Crippen LogP contribution in [0.4, 0.5) is 0 Å². The zero-order chi connectivity index (χ0) is 17.1. The van der Waals surface area contributed by atoms with Crippen molar-refractivity contribution in [2.75, 3.05) is 0 Å². The number of carbonyl (C=O) groups excluding carboxylic acids is 1. The number of aromatic nitrogens is 1. The summed E-state index contributed by atoms with van der Waals surface area (Å²) >= 11 is 0. The van der Waals surface area contributed by atoms with Crippen molar-refractivity contribution in [1.29, 1.82) is 5.26 Å². The number of para-hydroxylation sites is 1. The van der Waals surface area contributed by atoms with E-state index in [1.165, 1.54) is 0 Å². The van der Waals surface area contributed by atoms with E-state index >= 15 is 0 Å². The first-order chi connectivity index (χ1) is 11.6. The van der Waals surface area contributed by atoms with E-state index in [1.807, 2.05) is 55.5 Å². The predicted octanol–water partition coefficient (Wildman–Crippen LogP) is 2.76. The van der Waals surface area contributed by atoms with Crippen molar-refractivity contribution in [1.82, 2.24) is 4.57 Å². The number of allylic oxidation sites excluding steroid dienone is 1. The fourth-order valence-electron chi connectivity index (χ4n) is 2.81. The summed E-state index contributed by atoms with van der Waals surface area (Å²) in [6.07, 6.45) is 3.54. The number of carboxylic acid groups (broad SMARTS) is 1. The molecule has 3 aromatic rings. The standard InChI is InChI=1S/C20H16N2O2/c1-14-5-4-6-15(9-14)16(11-21)10-17-12-22(13-20(23)24)19-8-3-2-7-18(17)19/h2-10,12H,13H2,1H3,(H,23,24)/p-1/b16-10-. The molecular formula is C20H15N2O2-. The molecule has 0 aliphatic carbocycles. The van der Waals surface area contributed by atoms with Crippen LogP contribution in [0.1, 0.15) is 16.7 Å². The van der Waals surface area contributed by atoms with Crippen LogP contribution in [0.3, 0.4) is 0 Å². The Hall–Kier alpha value is -3.32. The van der Waals surface area contributed by atoms with Crippen molar-refractivity contribution >= 4 is 28.5 Å². The number of carboxylic acids is 1. The molecule has 0 bridgehead atoms. The van der Waals surface area contributed by atoms with Gasteiger partial charge in [0.15, 0.2) is 0 Å². The summed E-state index contributed by atoms with van der Waals surface area (Å²) in [4.78, 5) is 11.0. The zero-order valence-electron chi connectivity index (χ0n) is 13.2. The molecular weight excluding hydrogens is 300 g/mol. The average Bonchev–Trinajstić information content (AvgIpc) is 2.90. The Morgan fingerprint density at radius 3 is 2.75 bits per heavy atom. The predicted molar refractivity (Wildman–Crippen MR) is 91.6 cm³/mol. The van der Waals surface area contributed by atoms with Crippen LogP contribution in [0.15, 0.2) is 54.7 Å². The second kappa shape index (κ2) is 6.43. The fourth-order valence-corrected chi connectivity index (χ4v) is 2.81. The maximum atomic E-state index is 11.0. The Morgan fingerprint density at radius 2 is 2.04 bits per heavy atom. The molecule has 0 aliphatic heterocycles. The summed E-state index contributed by atoms with van der Waals surface area (Å²) in [5.74, 6) is -1.15. The molecule has 4 heteroatoms. The molecule has 4 nitrogen and oxygen atoms in total. The van der Waals surface area contributed by atoms with Gasteiger partial charge in [0.1, 0.15) is 0 Å². The van der Waals surface area contributed by atoms with Gasteiger partial charge in [-0.1, -0.05) is 48.0 Å². The van der Waals surface area contributed by atoms with Crippen LogP contribution in [0.2, 0.25) is 0 Å². The SMILES string of the molecule is Cc1cccc(/C(C#N)=C\c2cn(CC(=O)[O-])c3ccccc23)c1. The highest BCUT2D eigenvalue weighted by Crippen LogP contribution is 2.26. The van der Waals surface area contributed by atoms with E-state index in [-0.39, 0.29) is 6.54 Å². The van der Waals surface area contributed by atoms with Crippen molar-refractivity contribution in [2.24, 2.45) is 0 Å². The minimum absolute atomic E-state index is 0.222. The van der Waals surface area contributed by atoms with E-state index in [4.69, 9.17) is 0 Å². The zero-order valence-corrected chi connectivity index (χ0v) is 13.2. The van der Waals surface area contributed by atoms with Crippen LogP contribution in [0.25, 0.3) is 22.6 Å². The Morgan fingerprint density at radius 1 is 1.25 bits per heavy atom. The van der Waals surface area contributed by atoms with Gasteiger partial charge in [0.25, 0.3) is 0 Å². The topological polar surface area (TPSA) is 68.8 Å². The first-order valence-corrected chi connectivity index (χ1v) is 7.55. The maximum Gasteiger partial charge on any atom is 0.0998 e. The lowest BCUT2D eigenvalue weighted by Crippen LogP contribution is -2.27. The normalized spacial score (nSPS) is 11.4. The molecule has 0 fully saturated rings. The maximum absolute atomic E-state index is 11.0. The highest BCUT2D eigenvalue weighted by Gasteiger charge is 2.09. The third-order valence-corrected chi connectivity index (χ3v) is 3.87. The van der Waals surface area contributed by atoms with Gasteiger partial charge in [-0.25, -0.2) is 0 Å². The van der Waals surface area contributed by atoms with Gasteiger partial charge in [-0.15, -0.1) is 0 Å². The molecule has 3 rings (SSSR count). The number of nitrogens with zero attached hydrogens (tertiary/aromatic N) is 2. The number of hydrogen-bond donors (Lipinski definition) is 0. The van der Waals surface area contributed by atoms with Gasteiger partial charge in [-0.2, -0.15) is 5.26 Å². The fraction of sp³-hybridized carbons (Fsp3) is 0.100. The number of fused-ring (bicyclic) bond motifs is 1. The van der Waals surface area contributed by atoms with Crippen molar-refractivity contribution in [3.8, 4) is 6.07 Å². The summed E-state index contributed by atoms with van der Waals surface area (Å²) in [6.45, 7) is 1.75. The molecule has 0 saturated carbocycles. The van der Waals surface area contributed by atoms with Crippen molar-refractivity contribution < 1.29 is 9.90 Å². The van der Waals surface area contributed by atoms with E-state index in [1.54, 1.807) is 16.8 Å².